The molecule has 0 radical (unpaired) electrons. The van der Waals surface area contributed by atoms with Gasteiger partial charge in [0.15, 0.2) is 0 Å². The summed E-state index contributed by atoms with van der Waals surface area (Å²) in [6, 6.07) is 0. The van der Waals surface area contributed by atoms with E-state index >= 15 is 0 Å². The molecule has 0 aromatic rings. The Balaban J connectivity index is 1.58. The van der Waals surface area contributed by atoms with Gasteiger partial charge in [0.1, 0.15) is 0 Å². The average Bonchev–Trinajstić information content (AvgIpc) is 2.92. The van der Waals surface area contributed by atoms with Crippen molar-refractivity contribution in [3.05, 3.63) is 0 Å². The summed E-state index contributed by atoms with van der Waals surface area (Å²) < 4.78 is 0. The van der Waals surface area contributed by atoms with Crippen molar-refractivity contribution in [1.29, 1.82) is 0 Å². The normalized spacial score (nSPS) is 26.4. The van der Waals surface area contributed by atoms with Crippen LogP contribution < -0.4 is 5.32 Å². The van der Waals surface area contributed by atoms with Crippen LogP contribution in [0.25, 0.3) is 0 Å². The highest BCUT2D eigenvalue weighted by molar-refractivity contribution is 5.83. The van der Waals surface area contributed by atoms with Gasteiger partial charge in [-0.15, -0.1) is 0 Å². The van der Waals surface area contributed by atoms with Gasteiger partial charge in [0, 0.05) is 32.0 Å². The maximum atomic E-state index is 11.6. The van der Waals surface area contributed by atoms with Crippen LogP contribution in [-0.2, 0) is 14.4 Å². The van der Waals surface area contributed by atoms with Crippen LogP contribution in [0.1, 0.15) is 19.8 Å². The van der Waals surface area contributed by atoms with Crippen molar-refractivity contribution >= 4 is 17.8 Å². The van der Waals surface area contributed by atoms with Gasteiger partial charge < -0.3 is 15.3 Å². The number of carbonyl (C=O) groups excluding carboxylic acids is 2. The number of nitrogens with one attached hydrogen (secondary N) is 1. The highest BCUT2D eigenvalue weighted by Crippen LogP contribution is 2.37. The van der Waals surface area contributed by atoms with Gasteiger partial charge in [0.2, 0.25) is 11.8 Å². The van der Waals surface area contributed by atoms with Gasteiger partial charge in [-0.3, -0.25) is 14.4 Å². The van der Waals surface area contributed by atoms with Crippen molar-refractivity contribution in [2.24, 2.45) is 17.8 Å². The molecule has 100 valence electrons. The lowest BCUT2D eigenvalue weighted by molar-refractivity contribution is -0.152. The Hall–Kier alpha value is -1.59. The number of hydrogen-bond donors (Lipinski definition) is 2. The number of carbonyl (C=O) groups is 3. The van der Waals surface area contributed by atoms with Gasteiger partial charge in [0.05, 0.1) is 5.92 Å². The fourth-order valence-electron chi connectivity index (χ4n) is 2.11. The second-order valence-corrected chi connectivity index (χ2v) is 5.19. The van der Waals surface area contributed by atoms with Crippen molar-refractivity contribution in [2.75, 3.05) is 19.6 Å². The molecule has 2 fully saturated rings. The molecule has 2 unspecified atom stereocenters. The summed E-state index contributed by atoms with van der Waals surface area (Å²) in [7, 11) is 0. The van der Waals surface area contributed by atoms with E-state index in [-0.39, 0.29) is 24.2 Å². The number of likely N-dealkylation sites (tertiary alicyclic amines) is 1. The topological polar surface area (TPSA) is 86.7 Å². The number of rotatable bonds is 5. The van der Waals surface area contributed by atoms with Crippen LogP contribution in [0, 0.1) is 17.8 Å². The Bertz CT molecular complexity index is 376. The quantitative estimate of drug-likeness (QED) is 0.704. The van der Waals surface area contributed by atoms with Gasteiger partial charge in [-0.2, -0.15) is 0 Å². The van der Waals surface area contributed by atoms with E-state index < -0.39 is 11.9 Å². The van der Waals surface area contributed by atoms with Crippen molar-refractivity contribution in [1.82, 2.24) is 10.2 Å². The SMILES string of the molecule is CC1CC1C(=O)NCCC(=O)N1CC(C(=O)O)C1. The van der Waals surface area contributed by atoms with E-state index in [1.54, 1.807) is 0 Å². The van der Waals surface area contributed by atoms with Gasteiger partial charge in [0.25, 0.3) is 0 Å². The van der Waals surface area contributed by atoms with E-state index in [9.17, 15) is 14.4 Å². The molecule has 2 amide bonds. The molecule has 0 aromatic carbocycles. The first kappa shape index (κ1) is 12.9. The molecular weight excluding hydrogens is 236 g/mol. The Labute approximate surface area is 105 Å². The first-order valence-corrected chi connectivity index (χ1v) is 6.27. The van der Waals surface area contributed by atoms with Crippen LogP contribution in [0.15, 0.2) is 0 Å². The van der Waals surface area contributed by atoms with Gasteiger partial charge in [-0.05, 0) is 12.3 Å². The Kier molecular flexibility index (Phi) is 3.54. The van der Waals surface area contributed by atoms with Crippen molar-refractivity contribution in [2.45, 2.75) is 19.8 Å². The largest absolute Gasteiger partial charge is 0.481 e. The molecule has 1 saturated carbocycles. The second kappa shape index (κ2) is 4.96. The molecule has 2 rings (SSSR count). The van der Waals surface area contributed by atoms with E-state index in [1.165, 1.54) is 4.90 Å². The van der Waals surface area contributed by atoms with Crippen molar-refractivity contribution in [3.63, 3.8) is 0 Å². The summed E-state index contributed by atoms with van der Waals surface area (Å²) in [5.74, 6) is -0.738. The van der Waals surface area contributed by atoms with E-state index in [0.717, 1.165) is 6.42 Å². The molecule has 1 aliphatic heterocycles. The van der Waals surface area contributed by atoms with E-state index in [2.05, 4.69) is 5.32 Å². The molecule has 18 heavy (non-hydrogen) atoms. The highest BCUT2D eigenvalue weighted by atomic mass is 16.4. The summed E-state index contributed by atoms with van der Waals surface area (Å²) in [5, 5.41) is 11.4. The number of hydrogen-bond acceptors (Lipinski definition) is 3. The summed E-state index contributed by atoms with van der Waals surface area (Å²) in [4.78, 5) is 35.2. The minimum Gasteiger partial charge on any atom is -0.481 e. The molecule has 2 N–H and O–H groups in total. The average molecular weight is 254 g/mol. The molecule has 1 aliphatic carbocycles. The standard InChI is InChI=1S/C12H18N2O4/c1-7-4-9(7)11(16)13-3-2-10(15)14-5-8(6-14)12(17)18/h7-9H,2-6H2,1H3,(H,13,16)(H,17,18). The minimum absolute atomic E-state index is 0.0299. The predicted octanol–water partition coefficient (Wildman–Crippen LogP) is -0.308. The molecule has 1 saturated heterocycles. The Morgan fingerprint density at radius 1 is 1.33 bits per heavy atom. The lowest BCUT2D eigenvalue weighted by Gasteiger charge is -2.36. The van der Waals surface area contributed by atoms with Gasteiger partial charge in [-0.1, -0.05) is 6.92 Å². The Morgan fingerprint density at radius 3 is 2.44 bits per heavy atom. The lowest BCUT2D eigenvalue weighted by atomic mass is 10.0. The molecule has 1 heterocycles. The van der Waals surface area contributed by atoms with Crippen LogP contribution in [0.5, 0.6) is 0 Å². The number of amides is 2. The second-order valence-electron chi connectivity index (χ2n) is 5.19. The van der Waals surface area contributed by atoms with Gasteiger partial charge in [-0.25, -0.2) is 0 Å². The molecular formula is C12H18N2O4. The van der Waals surface area contributed by atoms with Gasteiger partial charge >= 0.3 is 5.97 Å². The Morgan fingerprint density at radius 2 is 1.94 bits per heavy atom. The predicted molar refractivity (Wildman–Crippen MR) is 62.6 cm³/mol. The third-order valence-corrected chi connectivity index (χ3v) is 3.67. The molecule has 6 heteroatoms. The smallest absolute Gasteiger partial charge is 0.310 e. The number of nitrogens with zero attached hydrogens (tertiary/aromatic N) is 1. The first-order chi connectivity index (χ1) is 8.49. The maximum absolute atomic E-state index is 11.6. The molecule has 0 bridgehead atoms. The number of carboxylic acid groups (broad SMARTS) is 1. The monoisotopic (exact) mass is 254 g/mol. The number of aliphatic carboxylic acids is 1. The van der Waals surface area contributed by atoms with Crippen molar-refractivity contribution in [3.8, 4) is 0 Å². The van der Waals surface area contributed by atoms with Crippen LogP contribution in [0.2, 0.25) is 0 Å². The first-order valence-electron chi connectivity index (χ1n) is 6.27. The molecule has 0 aromatic heterocycles. The zero-order chi connectivity index (χ0) is 13.3. The maximum Gasteiger partial charge on any atom is 0.310 e. The third-order valence-electron chi connectivity index (χ3n) is 3.67. The molecule has 6 nitrogen and oxygen atoms in total. The zero-order valence-corrected chi connectivity index (χ0v) is 10.4. The molecule has 2 aliphatic rings. The van der Waals surface area contributed by atoms with E-state index in [4.69, 9.17) is 5.11 Å². The van der Waals surface area contributed by atoms with Crippen LogP contribution in [0.3, 0.4) is 0 Å². The van der Waals surface area contributed by atoms with Crippen molar-refractivity contribution < 1.29 is 19.5 Å². The fraction of sp³-hybridized carbons (Fsp3) is 0.750. The summed E-state index contributed by atoms with van der Waals surface area (Å²) in [6.07, 6.45) is 1.19. The zero-order valence-electron chi connectivity index (χ0n) is 10.4. The van der Waals surface area contributed by atoms with Crippen LogP contribution >= 0.6 is 0 Å². The summed E-state index contributed by atoms with van der Waals surface area (Å²) >= 11 is 0. The summed E-state index contributed by atoms with van der Waals surface area (Å²) in [6.45, 7) is 2.96. The van der Waals surface area contributed by atoms with E-state index in [0.29, 0.717) is 25.6 Å². The molecule has 0 spiro atoms. The highest BCUT2D eigenvalue weighted by Gasteiger charge is 2.39. The minimum atomic E-state index is -0.852. The van der Waals surface area contributed by atoms with Crippen LogP contribution in [0.4, 0.5) is 0 Å². The summed E-state index contributed by atoms with van der Waals surface area (Å²) in [5.41, 5.74) is 0. The molecule has 2 atom stereocenters. The number of carboxylic acids is 1. The lowest BCUT2D eigenvalue weighted by Crippen LogP contribution is -2.53. The fourth-order valence-corrected chi connectivity index (χ4v) is 2.11. The van der Waals surface area contributed by atoms with E-state index in [1.807, 2.05) is 6.92 Å². The third kappa shape index (κ3) is 2.80. The van der Waals surface area contributed by atoms with Crippen LogP contribution in [-0.4, -0.2) is 47.4 Å².